The molecule has 6 nitrogen and oxygen atoms in total. The second kappa shape index (κ2) is 6.19. The van der Waals surface area contributed by atoms with Crippen molar-refractivity contribution in [2.45, 2.75) is 0 Å². The Balaban J connectivity index is 2.98. The number of carboxylic acids is 1. The van der Waals surface area contributed by atoms with Crippen molar-refractivity contribution in [2.75, 3.05) is 7.11 Å². The number of rotatable bonds is 5. The number of hydrogen-bond donors (Lipinski definition) is 1. The van der Waals surface area contributed by atoms with Gasteiger partial charge in [0.25, 0.3) is 5.69 Å². The van der Waals surface area contributed by atoms with E-state index in [0.29, 0.717) is 5.56 Å². The summed E-state index contributed by atoms with van der Waals surface area (Å²) in [6, 6.07) is 6.15. The van der Waals surface area contributed by atoms with Crippen molar-refractivity contribution in [2.24, 2.45) is 0 Å². The van der Waals surface area contributed by atoms with Crippen molar-refractivity contribution in [3.05, 3.63) is 57.9 Å². The van der Waals surface area contributed by atoms with Gasteiger partial charge in [0, 0.05) is 6.07 Å². The SMILES string of the molecule is CO/C(=C/C=C/c1ccccc1[N+](=O)[O-])C(=O)O. The van der Waals surface area contributed by atoms with E-state index < -0.39 is 10.9 Å². The average molecular weight is 249 g/mol. The first-order valence-corrected chi connectivity index (χ1v) is 4.95. The summed E-state index contributed by atoms with van der Waals surface area (Å²) in [4.78, 5) is 20.8. The maximum atomic E-state index is 10.7. The zero-order valence-electron chi connectivity index (χ0n) is 9.57. The third-order valence-corrected chi connectivity index (χ3v) is 2.09. The number of hydrogen-bond acceptors (Lipinski definition) is 4. The highest BCUT2D eigenvalue weighted by Crippen LogP contribution is 2.18. The van der Waals surface area contributed by atoms with Gasteiger partial charge in [-0.3, -0.25) is 10.1 Å². The van der Waals surface area contributed by atoms with Gasteiger partial charge in [-0.05, 0) is 18.2 Å². The average Bonchev–Trinajstić information content (AvgIpc) is 2.34. The molecule has 0 heterocycles. The molecule has 0 spiro atoms. The lowest BCUT2D eigenvalue weighted by Crippen LogP contribution is -2.01. The molecule has 94 valence electrons. The molecule has 6 heteroatoms. The van der Waals surface area contributed by atoms with Crippen LogP contribution in [0.5, 0.6) is 0 Å². The quantitative estimate of drug-likeness (QED) is 0.284. The third kappa shape index (κ3) is 3.44. The highest BCUT2D eigenvalue weighted by Gasteiger charge is 2.09. The molecule has 0 aromatic heterocycles. The predicted molar refractivity (Wildman–Crippen MR) is 64.9 cm³/mol. The minimum Gasteiger partial charge on any atom is -0.490 e. The van der Waals surface area contributed by atoms with Crippen LogP contribution >= 0.6 is 0 Å². The van der Waals surface area contributed by atoms with Gasteiger partial charge in [-0.1, -0.05) is 18.2 Å². The van der Waals surface area contributed by atoms with Crippen LogP contribution in [0.25, 0.3) is 6.08 Å². The van der Waals surface area contributed by atoms with Crippen molar-refractivity contribution < 1.29 is 19.6 Å². The first-order chi connectivity index (χ1) is 8.56. The van der Waals surface area contributed by atoms with Crippen LogP contribution in [-0.2, 0) is 9.53 Å². The van der Waals surface area contributed by atoms with Gasteiger partial charge in [-0.25, -0.2) is 4.79 Å². The van der Waals surface area contributed by atoms with Gasteiger partial charge in [0.05, 0.1) is 17.6 Å². The van der Waals surface area contributed by atoms with Gasteiger partial charge in [0.1, 0.15) is 0 Å². The Kier molecular flexibility index (Phi) is 4.62. The summed E-state index contributed by atoms with van der Waals surface area (Å²) in [5, 5.41) is 19.4. The zero-order valence-corrected chi connectivity index (χ0v) is 9.57. The second-order valence-electron chi connectivity index (χ2n) is 3.22. The molecule has 0 amide bonds. The second-order valence-corrected chi connectivity index (χ2v) is 3.22. The first-order valence-electron chi connectivity index (χ1n) is 4.95. The van der Waals surface area contributed by atoms with Gasteiger partial charge in [0.2, 0.25) is 5.76 Å². The number of benzene rings is 1. The Morgan fingerprint density at radius 1 is 1.44 bits per heavy atom. The zero-order chi connectivity index (χ0) is 13.5. The minimum atomic E-state index is -1.20. The van der Waals surface area contributed by atoms with Gasteiger partial charge < -0.3 is 9.84 Å². The van der Waals surface area contributed by atoms with E-state index in [4.69, 9.17) is 5.11 Å². The lowest BCUT2D eigenvalue weighted by molar-refractivity contribution is -0.385. The van der Waals surface area contributed by atoms with Crippen molar-refractivity contribution in [1.29, 1.82) is 0 Å². The number of carboxylic acid groups (broad SMARTS) is 1. The van der Waals surface area contributed by atoms with Gasteiger partial charge >= 0.3 is 5.97 Å². The molecule has 0 unspecified atom stereocenters. The normalized spacial score (nSPS) is 11.5. The van der Waals surface area contributed by atoms with Gasteiger partial charge in [-0.2, -0.15) is 0 Å². The number of nitrogens with zero attached hydrogens (tertiary/aromatic N) is 1. The molecule has 0 bridgehead atoms. The van der Waals surface area contributed by atoms with Crippen LogP contribution in [0.2, 0.25) is 0 Å². The van der Waals surface area contributed by atoms with E-state index in [1.807, 2.05) is 0 Å². The molecule has 0 saturated heterocycles. The monoisotopic (exact) mass is 249 g/mol. The van der Waals surface area contributed by atoms with Gasteiger partial charge in [0.15, 0.2) is 0 Å². The highest BCUT2D eigenvalue weighted by molar-refractivity contribution is 5.84. The standard InChI is InChI=1S/C12H11NO5/c1-18-11(12(14)15)8-4-6-9-5-2-3-7-10(9)13(16)17/h2-8H,1H3,(H,14,15)/b6-4+,11-8+. The van der Waals surface area contributed by atoms with E-state index in [1.165, 1.54) is 31.4 Å². The molecule has 1 N–H and O–H groups in total. The summed E-state index contributed by atoms with van der Waals surface area (Å²) < 4.78 is 4.60. The molecule has 1 rings (SSSR count). The topological polar surface area (TPSA) is 89.7 Å². The first kappa shape index (κ1) is 13.4. The molecule has 0 aliphatic carbocycles. The largest absolute Gasteiger partial charge is 0.490 e. The van der Waals surface area contributed by atoms with E-state index >= 15 is 0 Å². The number of nitro benzene ring substituents is 1. The van der Waals surface area contributed by atoms with Crippen LogP contribution in [0.1, 0.15) is 5.56 Å². The lowest BCUT2D eigenvalue weighted by Gasteiger charge is -1.97. The van der Waals surface area contributed by atoms with Crippen LogP contribution in [-0.4, -0.2) is 23.1 Å². The fourth-order valence-electron chi connectivity index (χ4n) is 1.26. The predicted octanol–water partition coefficient (Wildman–Crippen LogP) is 2.22. The smallest absolute Gasteiger partial charge is 0.371 e. The summed E-state index contributed by atoms with van der Waals surface area (Å²) in [5.41, 5.74) is 0.344. The van der Waals surface area contributed by atoms with Crippen molar-refractivity contribution >= 4 is 17.7 Å². The molecule has 0 aliphatic rings. The Bertz CT molecular complexity index is 519. The summed E-state index contributed by atoms with van der Waals surface area (Å²) in [5.74, 6) is -1.45. The van der Waals surface area contributed by atoms with Crippen LogP contribution in [0, 0.1) is 10.1 Å². The summed E-state index contributed by atoms with van der Waals surface area (Å²) in [7, 11) is 1.23. The Hall–Kier alpha value is -2.63. The number of methoxy groups -OCH3 is 1. The molecule has 1 aromatic carbocycles. The fourth-order valence-corrected chi connectivity index (χ4v) is 1.26. The van der Waals surface area contributed by atoms with Crippen LogP contribution in [0.4, 0.5) is 5.69 Å². The van der Waals surface area contributed by atoms with E-state index in [9.17, 15) is 14.9 Å². The van der Waals surface area contributed by atoms with Crippen LogP contribution in [0.15, 0.2) is 42.2 Å². The van der Waals surface area contributed by atoms with E-state index in [1.54, 1.807) is 18.2 Å². The summed E-state index contributed by atoms with van der Waals surface area (Å²) >= 11 is 0. The van der Waals surface area contributed by atoms with Crippen LogP contribution in [0.3, 0.4) is 0 Å². The number of carbonyl (C=O) groups is 1. The Morgan fingerprint density at radius 3 is 2.67 bits per heavy atom. The number of allylic oxidation sites excluding steroid dienone is 2. The molecule has 0 atom stereocenters. The Labute approximate surface area is 103 Å². The number of nitro groups is 1. The number of para-hydroxylation sites is 1. The van der Waals surface area contributed by atoms with E-state index in [2.05, 4.69) is 4.74 Å². The summed E-state index contributed by atoms with van der Waals surface area (Å²) in [6.07, 6.45) is 4.05. The van der Waals surface area contributed by atoms with Crippen molar-refractivity contribution in [3.8, 4) is 0 Å². The molecule has 0 fully saturated rings. The van der Waals surface area contributed by atoms with E-state index in [0.717, 1.165) is 0 Å². The molecule has 18 heavy (non-hydrogen) atoms. The highest BCUT2D eigenvalue weighted by atomic mass is 16.6. The fraction of sp³-hybridized carbons (Fsp3) is 0.0833. The molecule has 0 radical (unpaired) electrons. The molecular formula is C12H11NO5. The minimum absolute atomic E-state index is 0.0450. The maximum absolute atomic E-state index is 10.7. The molecule has 1 aromatic rings. The maximum Gasteiger partial charge on any atom is 0.371 e. The Morgan fingerprint density at radius 2 is 2.11 bits per heavy atom. The van der Waals surface area contributed by atoms with Crippen molar-refractivity contribution in [1.82, 2.24) is 0 Å². The van der Waals surface area contributed by atoms with E-state index in [-0.39, 0.29) is 11.4 Å². The number of ether oxygens (including phenoxy) is 1. The van der Waals surface area contributed by atoms with Crippen molar-refractivity contribution in [3.63, 3.8) is 0 Å². The molecule has 0 aliphatic heterocycles. The lowest BCUT2D eigenvalue weighted by atomic mass is 10.1. The molecular weight excluding hydrogens is 238 g/mol. The summed E-state index contributed by atoms with van der Waals surface area (Å²) in [6.45, 7) is 0. The third-order valence-electron chi connectivity index (χ3n) is 2.09. The molecule has 0 saturated carbocycles. The van der Waals surface area contributed by atoms with Gasteiger partial charge in [-0.15, -0.1) is 0 Å². The number of aliphatic carboxylic acids is 1. The van der Waals surface area contributed by atoms with Crippen LogP contribution < -0.4 is 0 Å².